The third-order valence-electron chi connectivity index (χ3n) is 4.80. The molecule has 1 saturated heterocycles. The summed E-state index contributed by atoms with van der Waals surface area (Å²) in [6.45, 7) is 6.76. The molecule has 1 aliphatic heterocycles. The van der Waals surface area contributed by atoms with Gasteiger partial charge in [0.25, 0.3) is 5.91 Å². The van der Waals surface area contributed by atoms with Crippen molar-refractivity contribution in [1.29, 1.82) is 0 Å². The van der Waals surface area contributed by atoms with E-state index >= 15 is 0 Å². The third kappa shape index (κ3) is 4.79. The van der Waals surface area contributed by atoms with Crippen LogP contribution in [0.25, 0.3) is 0 Å². The molecule has 2 amide bonds. The highest BCUT2D eigenvalue weighted by molar-refractivity contribution is 5.92. The first kappa shape index (κ1) is 19.7. The minimum atomic E-state index is -0.264. The summed E-state index contributed by atoms with van der Waals surface area (Å²) in [5.41, 5.74) is 2.37. The number of hydrogen-bond acceptors (Lipinski definition) is 5. The number of anilines is 1. The lowest BCUT2D eigenvalue weighted by Gasteiger charge is -2.35. The minimum Gasteiger partial charge on any atom is -0.450 e. The van der Waals surface area contributed by atoms with Gasteiger partial charge >= 0.3 is 6.09 Å². The van der Waals surface area contributed by atoms with Gasteiger partial charge in [0, 0.05) is 26.2 Å². The average molecular weight is 382 g/mol. The fourth-order valence-corrected chi connectivity index (χ4v) is 3.17. The van der Waals surface area contributed by atoms with Crippen LogP contribution >= 0.6 is 0 Å². The number of nitrogens with one attached hydrogen (secondary N) is 1. The molecular weight excluding hydrogens is 356 g/mol. The van der Waals surface area contributed by atoms with Crippen LogP contribution in [0, 0.1) is 0 Å². The van der Waals surface area contributed by atoms with Crippen LogP contribution in [0.3, 0.4) is 0 Å². The van der Waals surface area contributed by atoms with E-state index in [4.69, 9.17) is 4.74 Å². The molecule has 0 aliphatic carbocycles. The quantitative estimate of drug-likeness (QED) is 0.861. The predicted molar refractivity (Wildman–Crippen MR) is 107 cm³/mol. The van der Waals surface area contributed by atoms with Gasteiger partial charge in [-0.05, 0) is 31.5 Å². The van der Waals surface area contributed by atoms with Crippen LogP contribution in [0.2, 0.25) is 0 Å². The highest BCUT2D eigenvalue weighted by atomic mass is 16.6. The van der Waals surface area contributed by atoms with Crippen LogP contribution in [-0.2, 0) is 4.74 Å². The maximum atomic E-state index is 12.5. The summed E-state index contributed by atoms with van der Waals surface area (Å²) >= 11 is 0. The SMILES string of the molecule is CCOC(=O)N1CCN(c2ccc(C(=O)NC(C)c3ccccc3)nc2)CC1. The second kappa shape index (κ2) is 9.21. The molecule has 1 unspecified atom stereocenters. The van der Waals surface area contributed by atoms with Gasteiger partial charge < -0.3 is 19.9 Å². The molecule has 148 valence electrons. The fourth-order valence-electron chi connectivity index (χ4n) is 3.17. The van der Waals surface area contributed by atoms with Gasteiger partial charge in [0.15, 0.2) is 0 Å². The Morgan fingerprint density at radius 1 is 1.11 bits per heavy atom. The Hall–Kier alpha value is -3.09. The van der Waals surface area contributed by atoms with E-state index in [-0.39, 0.29) is 18.0 Å². The van der Waals surface area contributed by atoms with Crippen LogP contribution in [0.4, 0.5) is 10.5 Å². The molecule has 1 aromatic carbocycles. The molecule has 7 heteroatoms. The number of amides is 2. The summed E-state index contributed by atoms with van der Waals surface area (Å²) < 4.78 is 5.04. The number of aromatic nitrogens is 1. The number of benzene rings is 1. The average Bonchev–Trinajstić information content (AvgIpc) is 2.74. The Morgan fingerprint density at radius 3 is 2.43 bits per heavy atom. The van der Waals surface area contributed by atoms with Crippen LogP contribution in [0.1, 0.15) is 35.9 Å². The number of pyridine rings is 1. The molecule has 3 rings (SSSR count). The Balaban J connectivity index is 1.55. The molecule has 28 heavy (non-hydrogen) atoms. The molecule has 0 spiro atoms. The monoisotopic (exact) mass is 382 g/mol. The normalized spacial score (nSPS) is 15.1. The van der Waals surface area contributed by atoms with Crippen LogP contribution < -0.4 is 10.2 Å². The lowest BCUT2D eigenvalue weighted by Crippen LogP contribution is -2.49. The maximum Gasteiger partial charge on any atom is 0.409 e. The molecule has 2 aromatic rings. The van der Waals surface area contributed by atoms with E-state index in [1.165, 1.54) is 0 Å². The van der Waals surface area contributed by atoms with E-state index in [0.29, 0.717) is 38.5 Å². The van der Waals surface area contributed by atoms with E-state index in [2.05, 4.69) is 15.2 Å². The first-order valence-corrected chi connectivity index (χ1v) is 9.57. The van der Waals surface area contributed by atoms with E-state index in [0.717, 1.165) is 11.3 Å². The Kier molecular flexibility index (Phi) is 6.47. The predicted octanol–water partition coefficient (Wildman–Crippen LogP) is 2.85. The van der Waals surface area contributed by atoms with Gasteiger partial charge in [-0.15, -0.1) is 0 Å². The van der Waals surface area contributed by atoms with Crippen molar-refractivity contribution in [1.82, 2.24) is 15.2 Å². The summed E-state index contributed by atoms with van der Waals surface area (Å²) in [5.74, 6) is -0.199. The van der Waals surface area contributed by atoms with E-state index in [1.807, 2.05) is 43.3 Å². The summed E-state index contributed by atoms with van der Waals surface area (Å²) in [5, 5.41) is 2.97. The highest BCUT2D eigenvalue weighted by Gasteiger charge is 2.22. The molecule has 1 fully saturated rings. The first-order chi connectivity index (χ1) is 13.6. The number of piperazine rings is 1. The first-order valence-electron chi connectivity index (χ1n) is 9.57. The summed E-state index contributed by atoms with van der Waals surface area (Å²) in [7, 11) is 0. The van der Waals surface area contributed by atoms with Crippen LogP contribution in [0.15, 0.2) is 48.7 Å². The fraction of sp³-hybridized carbons (Fsp3) is 0.381. The second-order valence-electron chi connectivity index (χ2n) is 6.68. The van der Waals surface area contributed by atoms with Gasteiger partial charge in [-0.1, -0.05) is 30.3 Å². The molecule has 1 aromatic heterocycles. The van der Waals surface area contributed by atoms with Crippen molar-refractivity contribution in [2.24, 2.45) is 0 Å². The Bertz CT molecular complexity index is 787. The largest absolute Gasteiger partial charge is 0.450 e. The molecule has 2 heterocycles. The van der Waals surface area contributed by atoms with E-state index in [9.17, 15) is 9.59 Å². The van der Waals surface area contributed by atoms with Gasteiger partial charge in [0.05, 0.1) is 24.5 Å². The zero-order valence-electron chi connectivity index (χ0n) is 16.3. The summed E-state index contributed by atoms with van der Waals surface area (Å²) in [4.78, 5) is 32.4. The molecule has 1 atom stereocenters. The van der Waals surface area contributed by atoms with Gasteiger partial charge in [-0.25, -0.2) is 9.78 Å². The zero-order chi connectivity index (χ0) is 19.9. The lowest BCUT2D eigenvalue weighted by atomic mass is 10.1. The van der Waals surface area contributed by atoms with Crippen LogP contribution in [-0.4, -0.2) is 54.7 Å². The standard InChI is InChI=1S/C21H26N4O3/c1-3-28-21(27)25-13-11-24(12-14-25)18-9-10-19(22-15-18)20(26)23-16(2)17-7-5-4-6-8-17/h4-10,15-16H,3,11-14H2,1-2H3,(H,23,26). The van der Waals surface area contributed by atoms with Crippen LogP contribution in [0.5, 0.6) is 0 Å². The Morgan fingerprint density at radius 2 is 1.82 bits per heavy atom. The molecule has 1 aliphatic rings. The van der Waals surface area contributed by atoms with Gasteiger partial charge in [-0.2, -0.15) is 0 Å². The summed E-state index contributed by atoms with van der Waals surface area (Å²) in [6.07, 6.45) is 1.45. The zero-order valence-corrected chi connectivity index (χ0v) is 16.3. The van der Waals surface area contributed by atoms with Crippen molar-refractivity contribution in [3.05, 3.63) is 59.9 Å². The van der Waals surface area contributed by atoms with Gasteiger partial charge in [0.1, 0.15) is 5.69 Å². The van der Waals surface area contributed by atoms with Gasteiger partial charge in [-0.3, -0.25) is 4.79 Å². The van der Waals surface area contributed by atoms with Crippen molar-refractivity contribution in [3.63, 3.8) is 0 Å². The van der Waals surface area contributed by atoms with Gasteiger partial charge in [0.2, 0.25) is 0 Å². The van der Waals surface area contributed by atoms with E-state index in [1.54, 1.807) is 24.1 Å². The van der Waals surface area contributed by atoms with Crippen molar-refractivity contribution < 1.29 is 14.3 Å². The number of hydrogen-bond donors (Lipinski definition) is 1. The van der Waals surface area contributed by atoms with Crippen molar-refractivity contribution in [2.45, 2.75) is 19.9 Å². The molecular formula is C21H26N4O3. The maximum absolute atomic E-state index is 12.5. The smallest absolute Gasteiger partial charge is 0.409 e. The summed E-state index contributed by atoms with van der Waals surface area (Å²) in [6, 6.07) is 13.4. The second-order valence-corrected chi connectivity index (χ2v) is 6.68. The number of ether oxygens (including phenoxy) is 1. The lowest BCUT2D eigenvalue weighted by molar-refractivity contribution is 0.0934. The molecule has 7 nitrogen and oxygen atoms in total. The Labute approximate surface area is 165 Å². The molecule has 0 radical (unpaired) electrons. The number of rotatable bonds is 5. The highest BCUT2D eigenvalue weighted by Crippen LogP contribution is 2.17. The van der Waals surface area contributed by atoms with E-state index < -0.39 is 0 Å². The van der Waals surface area contributed by atoms with Crippen molar-refractivity contribution >= 4 is 17.7 Å². The third-order valence-corrected chi connectivity index (χ3v) is 4.80. The molecule has 0 bridgehead atoms. The van der Waals surface area contributed by atoms with Crippen molar-refractivity contribution in [2.75, 3.05) is 37.7 Å². The topological polar surface area (TPSA) is 74.8 Å². The number of carbonyl (C=O) groups is 2. The number of carbonyl (C=O) groups excluding carboxylic acids is 2. The number of nitrogens with zero attached hydrogens (tertiary/aromatic N) is 3. The molecule has 0 saturated carbocycles. The van der Waals surface area contributed by atoms with Crippen molar-refractivity contribution in [3.8, 4) is 0 Å². The minimum absolute atomic E-state index is 0.0915. The molecule has 1 N–H and O–H groups in total.